The van der Waals surface area contributed by atoms with Gasteiger partial charge in [-0.1, -0.05) is 60.8 Å². The highest BCUT2D eigenvalue weighted by Crippen LogP contribution is 2.36. The highest BCUT2D eigenvalue weighted by atomic mass is 35.5. The van der Waals surface area contributed by atoms with Gasteiger partial charge in [0.15, 0.2) is 0 Å². The summed E-state index contributed by atoms with van der Waals surface area (Å²) in [5.41, 5.74) is 7.33. The fourth-order valence-corrected chi connectivity index (χ4v) is 3.96. The Balaban J connectivity index is 1.73. The third kappa shape index (κ3) is 3.48. The van der Waals surface area contributed by atoms with E-state index in [4.69, 9.17) is 11.6 Å². The summed E-state index contributed by atoms with van der Waals surface area (Å²) in [7, 11) is 0. The van der Waals surface area contributed by atoms with Crippen molar-refractivity contribution in [2.75, 3.05) is 0 Å². The van der Waals surface area contributed by atoms with Gasteiger partial charge in [0.2, 0.25) is 0 Å². The SMILES string of the molecule is Cc1cnc(-c2ccc(Cl)cc2)cc1-c1cccc(C2CCCC2)c1. The fourth-order valence-electron chi connectivity index (χ4n) is 3.83. The van der Waals surface area contributed by atoms with E-state index in [1.54, 1.807) is 0 Å². The molecule has 1 fully saturated rings. The number of halogens is 1. The van der Waals surface area contributed by atoms with Gasteiger partial charge < -0.3 is 0 Å². The molecule has 1 heterocycles. The zero-order valence-corrected chi connectivity index (χ0v) is 15.3. The van der Waals surface area contributed by atoms with Crippen LogP contribution in [-0.2, 0) is 0 Å². The number of aryl methyl sites for hydroxylation is 1. The third-order valence-electron chi connectivity index (χ3n) is 5.27. The van der Waals surface area contributed by atoms with Gasteiger partial charge in [-0.3, -0.25) is 4.98 Å². The molecule has 1 aromatic heterocycles. The van der Waals surface area contributed by atoms with Crippen molar-refractivity contribution in [3.8, 4) is 22.4 Å². The van der Waals surface area contributed by atoms with Crippen molar-refractivity contribution in [3.05, 3.63) is 76.9 Å². The Morgan fingerprint density at radius 3 is 2.44 bits per heavy atom. The Labute approximate surface area is 154 Å². The molecule has 1 aliphatic rings. The number of nitrogens with zero attached hydrogens (tertiary/aromatic N) is 1. The van der Waals surface area contributed by atoms with E-state index >= 15 is 0 Å². The number of aromatic nitrogens is 1. The van der Waals surface area contributed by atoms with Crippen LogP contribution in [0.5, 0.6) is 0 Å². The van der Waals surface area contributed by atoms with Crippen molar-refractivity contribution in [1.82, 2.24) is 4.98 Å². The molecule has 2 aromatic carbocycles. The number of hydrogen-bond acceptors (Lipinski definition) is 1. The van der Waals surface area contributed by atoms with Gasteiger partial charge in [-0.05, 0) is 66.1 Å². The molecule has 25 heavy (non-hydrogen) atoms. The second-order valence-electron chi connectivity index (χ2n) is 7.00. The van der Waals surface area contributed by atoms with Crippen molar-refractivity contribution >= 4 is 11.6 Å². The van der Waals surface area contributed by atoms with E-state index in [2.05, 4.69) is 42.2 Å². The van der Waals surface area contributed by atoms with Crippen molar-refractivity contribution in [2.24, 2.45) is 0 Å². The van der Waals surface area contributed by atoms with Crippen molar-refractivity contribution < 1.29 is 0 Å². The lowest BCUT2D eigenvalue weighted by atomic mass is 9.92. The van der Waals surface area contributed by atoms with Gasteiger partial charge in [-0.15, -0.1) is 0 Å². The number of hydrogen-bond donors (Lipinski definition) is 0. The molecule has 0 bridgehead atoms. The Kier molecular flexibility index (Phi) is 4.59. The zero-order chi connectivity index (χ0) is 17.2. The number of benzene rings is 2. The second kappa shape index (κ2) is 7.01. The van der Waals surface area contributed by atoms with Gasteiger partial charge in [-0.25, -0.2) is 0 Å². The zero-order valence-electron chi connectivity index (χ0n) is 14.5. The lowest BCUT2D eigenvalue weighted by Crippen LogP contribution is -1.94. The van der Waals surface area contributed by atoms with E-state index in [1.807, 2.05) is 30.5 Å². The first kappa shape index (κ1) is 16.4. The molecular weight excluding hydrogens is 326 g/mol. The number of pyridine rings is 1. The highest BCUT2D eigenvalue weighted by molar-refractivity contribution is 6.30. The minimum absolute atomic E-state index is 0.734. The van der Waals surface area contributed by atoms with Gasteiger partial charge in [-0.2, -0.15) is 0 Å². The van der Waals surface area contributed by atoms with Crippen LogP contribution in [0, 0.1) is 6.92 Å². The average Bonchev–Trinajstić information content (AvgIpc) is 3.18. The summed E-state index contributed by atoms with van der Waals surface area (Å²) in [5, 5.41) is 0.750. The van der Waals surface area contributed by atoms with E-state index in [0.717, 1.165) is 22.2 Å². The Morgan fingerprint density at radius 1 is 0.920 bits per heavy atom. The lowest BCUT2D eigenvalue weighted by molar-refractivity contribution is 0.723. The molecule has 4 rings (SSSR count). The molecule has 0 amide bonds. The van der Waals surface area contributed by atoms with Gasteiger partial charge >= 0.3 is 0 Å². The largest absolute Gasteiger partial charge is 0.256 e. The van der Waals surface area contributed by atoms with Crippen LogP contribution in [0.25, 0.3) is 22.4 Å². The minimum Gasteiger partial charge on any atom is -0.256 e. The van der Waals surface area contributed by atoms with E-state index in [0.29, 0.717) is 0 Å². The standard InChI is InChI=1S/C23H22ClN/c1-16-15-25-23(18-9-11-21(24)12-10-18)14-22(16)20-8-4-7-19(13-20)17-5-2-3-6-17/h4,7-15,17H,2-3,5-6H2,1H3. The molecule has 126 valence electrons. The predicted molar refractivity (Wildman–Crippen MR) is 106 cm³/mol. The first-order chi connectivity index (χ1) is 12.2. The molecule has 1 saturated carbocycles. The monoisotopic (exact) mass is 347 g/mol. The third-order valence-corrected chi connectivity index (χ3v) is 5.52. The molecule has 3 aromatic rings. The Morgan fingerprint density at radius 2 is 1.68 bits per heavy atom. The van der Waals surface area contributed by atoms with Crippen LogP contribution in [0.15, 0.2) is 60.8 Å². The second-order valence-corrected chi connectivity index (χ2v) is 7.43. The normalized spacial score (nSPS) is 14.8. The maximum absolute atomic E-state index is 6.01. The maximum atomic E-state index is 6.01. The summed E-state index contributed by atoms with van der Waals surface area (Å²) in [6.07, 6.45) is 7.36. The van der Waals surface area contributed by atoms with E-state index < -0.39 is 0 Å². The quantitative estimate of drug-likeness (QED) is 0.495. The molecule has 0 aliphatic heterocycles. The summed E-state index contributed by atoms with van der Waals surface area (Å²) >= 11 is 6.01. The van der Waals surface area contributed by atoms with Crippen LogP contribution in [0.2, 0.25) is 5.02 Å². The van der Waals surface area contributed by atoms with Crippen LogP contribution in [0.4, 0.5) is 0 Å². The van der Waals surface area contributed by atoms with Crippen molar-refractivity contribution in [1.29, 1.82) is 0 Å². The molecule has 0 N–H and O–H groups in total. The molecule has 1 aliphatic carbocycles. The molecule has 0 spiro atoms. The van der Waals surface area contributed by atoms with E-state index in [1.165, 1.54) is 47.9 Å². The summed E-state index contributed by atoms with van der Waals surface area (Å²) in [5.74, 6) is 0.734. The molecule has 1 nitrogen and oxygen atoms in total. The fraction of sp³-hybridized carbons (Fsp3) is 0.261. The van der Waals surface area contributed by atoms with Crippen molar-refractivity contribution in [2.45, 2.75) is 38.5 Å². The van der Waals surface area contributed by atoms with E-state index in [-0.39, 0.29) is 0 Å². The molecular formula is C23H22ClN. The average molecular weight is 348 g/mol. The van der Waals surface area contributed by atoms with E-state index in [9.17, 15) is 0 Å². The summed E-state index contributed by atoms with van der Waals surface area (Å²) in [6, 6.07) is 19.2. The number of rotatable bonds is 3. The summed E-state index contributed by atoms with van der Waals surface area (Å²) in [6.45, 7) is 2.14. The first-order valence-electron chi connectivity index (χ1n) is 9.03. The summed E-state index contributed by atoms with van der Waals surface area (Å²) < 4.78 is 0. The van der Waals surface area contributed by atoms with Crippen LogP contribution in [0.1, 0.15) is 42.7 Å². The molecule has 0 unspecified atom stereocenters. The van der Waals surface area contributed by atoms with Crippen LogP contribution < -0.4 is 0 Å². The maximum Gasteiger partial charge on any atom is 0.0708 e. The topological polar surface area (TPSA) is 12.9 Å². The van der Waals surface area contributed by atoms with Crippen molar-refractivity contribution in [3.63, 3.8) is 0 Å². The minimum atomic E-state index is 0.734. The van der Waals surface area contributed by atoms with Gasteiger partial charge in [0.05, 0.1) is 5.69 Å². The van der Waals surface area contributed by atoms with Gasteiger partial charge in [0.1, 0.15) is 0 Å². The lowest BCUT2D eigenvalue weighted by Gasteiger charge is -2.13. The van der Waals surface area contributed by atoms with Crippen LogP contribution in [0.3, 0.4) is 0 Å². The molecule has 0 atom stereocenters. The highest BCUT2D eigenvalue weighted by Gasteiger charge is 2.17. The Bertz CT molecular complexity index is 877. The molecule has 2 heteroatoms. The Hall–Kier alpha value is -2.12. The summed E-state index contributed by atoms with van der Waals surface area (Å²) in [4.78, 5) is 4.62. The van der Waals surface area contributed by atoms with Gasteiger partial charge in [0, 0.05) is 16.8 Å². The smallest absolute Gasteiger partial charge is 0.0708 e. The first-order valence-corrected chi connectivity index (χ1v) is 9.41. The van der Waals surface area contributed by atoms with Crippen LogP contribution in [-0.4, -0.2) is 4.98 Å². The molecule has 0 saturated heterocycles. The van der Waals surface area contributed by atoms with Crippen LogP contribution >= 0.6 is 11.6 Å². The van der Waals surface area contributed by atoms with Gasteiger partial charge in [0.25, 0.3) is 0 Å². The molecule has 0 radical (unpaired) electrons. The predicted octanol–water partition coefficient (Wildman–Crippen LogP) is 7.04.